The molecule has 0 atom stereocenters. The molecule has 16 heavy (non-hydrogen) atoms. The summed E-state index contributed by atoms with van der Waals surface area (Å²) in [6, 6.07) is 2.88. The molecule has 0 radical (unpaired) electrons. The van der Waals surface area contributed by atoms with Crippen molar-refractivity contribution < 1.29 is 9.90 Å². The number of carboxylic acid groups (broad SMARTS) is 1. The predicted octanol–water partition coefficient (Wildman–Crippen LogP) is 1.53. The van der Waals surface area contributed by atoms with Crippen LogP contribution in [0.5, 0.6) is 0 Å². The maximum atomic E-state index is 10.8. The van der Waals surface area contributed by atoms with Crippen LogP contribution in [-0.2, 0) is 0 Å². The molecule has 5 heteroatoms. The van der Waals surface area contributed by atoms with Crippen LogP contribution in [0.1, 0.15) is 21.7 Å². The van der Waals surface area contributed by atoms with Crippen molar-refractivity contribution >= 4 is 22.7 Å². The van der Waals surface area contributed by atoms with E-state index in [1.807, 2.05) is 13.8 Å². The molecular weight excluding hydrogens is 206 g/mol. The first-order valence-corrected chi connectivity index (χ1v) is 4.77. The van der Waals surface area contributed by atoms with Crippen molar-refractivity contribution in [3.05, 3.63) is 29.1 Å². The molecule has 1 aromatic carbocycles. The lowest BCUT2D eigenvalue weighted by Gasteiger charge is -2.06. The van der Waals surface area contributed by atoms with E-state index in [0.717, 1.165) is 11.4 Å². The molecule has 1 aromatic heterocycles. The molecule has 5 nitrogen and oxygen atoms in total. The summed E-state index contributed by atoms with van der Waals surface area (Å²) in [5.41, 5.74) is 8.84. The highest BCUT2D eigenvalue weighted by atomic mass is 16.4. The van der Waals surface area contributed by atoms with E-state index in [2.05, 4.69) is 9.97 Å². The number of aromatic nitrogens is 2. The fraction of sp³-hybridized carbons (Fsp3) is 0.182. The second kappa shape index (κ2) is 3.44. The van der Waals surface area contributed by atoms with Gasteiger partial charge in [0, 0.05) is 0 Å². The highest BCUT2D eigenvalue weighted by molar-refractivity contribution is 5.97. The number of carbonyl (C=O) groups is 1. The minimum absolute atomic E-state index is 0.127. The van der Waals surface area contributed by atoms with Gasteiger partial charge < -0.3 is 10.8 Å². The Balaban J connectivity index is 2.82. The lowest BCUT2D eigenvalue weighted by molar-refractivity contribution is 0.0697. The van der Waals surface area contributed by atoms with Gasteiger partial charge in [-0.1, -0.05) is 0 Å². The third-order valence-corrected chi connectivity index (χ3v) is 2.46. The summed E-state index contributed by atoms with van der Waals surface area (Å²) < 4.78 is 0. The van der Waals surface area contributed by atoms with Crippen molar-refractivity contribution in [3.8, 4) is 0 Å². The van der Waals surface area contributed by atoms with Crippen molar-refractivity contribution in [1.29, 1.82) is 0 Å². The minimum Gasteiger partial charge on any atom is -0.478 e. The van der Waals surface area contributed by atoms with Gasteiger partial charge in [-0.05, 0) is 26.0 Å². The first kappa shape index (κ1) is 10.4. The van der Waals surface area contributed by atoms with Crippen LogP contribution in [0.25, 0.3) is 11.0 Å². The smallest absolute Gasteiger partial charge is 0.335 e. The summed E-state index contributed by atoms with van der Waals surface area (Å²) in [7, 11) is 0. The number of carboxylic acids is 1. The monoisotopic (exact) mass is 217 g/mol. The summed E-state index contributed by atoms with van der Waals surface area (Å²) in [6.45, 7) is 3.66. The molecule has 2 rings (SSSR count). The first-order valence-electron chi connectivity index (χ1n) is 4.77. The Morgan fingerprint density at radius 3 is 2.50 bits per heavy atom. The van der Waals surface area contributed by atoms with E-state index >= 15 is 0 Å². The van der Waals surface area contributed by atoms with Crippen molar-refractivity contribution in [1.82, 2.24) is 9.97 Å². The van der Waals surface area contributed by atoms with Gasteiger partial charge in [-0.3, -0.25) is 0 Å². The lowest BCUT2D eigenvalue weighted by Crippen LogP contribution is -2.02. The standard InChI is InChI=1S/C11H11N3O2/c1-5-6(2)14-10-8(12)3-7(11(15)16)4-9(10)13-5/h3-4H,12H2,1-2H3,(H,15,16). The highest BCUT2D eigenvalue weighted by Gasteiger charge is 2.10. The molecule has 82 valence electrons. The molecule has 0 bridgehead atoms. The fourth-order valence-electron chi connectivity index (χ4n) is 1.48. The molecule has 0 aliphatic rings. The number of anilines is 1. The normalized spacial score (nSPS) is 10.6. The summed E-state index contributed by atoms with van der Waals surface area (Å²) in [5.74, 6) is -1.02. The maximum Gasteiger partial charge on any atom is 0.335 e. The average molecular weight is 217 g/mol. The molecule has 2 aromatic rings. The second-order valence-corrected chi connectivity index (χ2v) is 3.63. The molecule has 0 fully saturated rings. The van der Waals surface area contributed by atoms with Crippen LogP contribution in [0.15, 0.2) is 12.1 Å². The lowest BCUT2D eigenvalue weighted by atomic mass is 10.1. The number of nitrogens with two attached hydrogens (primary N) is 1. The van der Waals surface area contributed by atoms with E-state index in [1.54, 1.807) is 0 Å². The Hall–Kier alpha value is -2.17. The summed E-state index contributed by atoms with van der Waals surface area (Å²) in [6.07, 6.45) is 0. The number of aryl methyl sites for hydroxylation is 2. The number of nitrogens with zero attached hydrogens (tertiary/aromatic N) is 2. The zero-order valence-electron chi connectivity index (χ0n) is 8.98. The number of hydrogen-bond donors (Lipinski definition) is 2. The van der Waals surface area contributed by atoms with Crippen LogP contribution >= 0.6 is 0 Å². The van der Waals surface area contributed by atoms with E-state index in [1.165, 1.54) is 12.1 Å². The summed E-state index contributed by atoms with van der Waals surface area (Å²) in [4.78, 5) is 19.4. The molecule has 0 aliphatic heterocycles. The highest BCUT2D eigenvalue weighted by Crippen LogP contribution is 2.21. The molecular formula is C11H11N3O2. The average Bonchev–Trinajstić information content (AvgIpc) is 2.20. The first-order chi connectivity index (χ1) is 7.49. The van der Waals surface area contributed by atoms with E-state index in [-0.39, 0.29) is 5.56 Å². The van der Waals surface area contributed by atoms with Gasteiger partial charge in [-0.2, -0.15) is 0 Å². The maximum absolute atomic E-state index is 10.8. The number of hydrogen-bond acceptors (Lipinski definition) is 4. The zero-order valence-corrected chi connectivity index (χ0v) is 8.98. The van der Waals surface area contributed by atoms with Crippen LogP contribution in [-0.4, -0.2) is 21.0 Å². The summed E-state index contributed by atoms with van der Waals surface area (Å²) in [5, 5.41) is 8.89. The number of benzene rings is 1. The van der Waals surface area contributed by atoms with E-state index in [0.29, 0.717) is 16.7 Å². The van der Waals surface area contributed by atoms with Crippen molar-refractivity contribution in [3.63, 3.8) is 0 Å². The Labute approximate surface area is 91.9 Å². The molecule has 0 amide bonds. The molecule has 0 spiro atoms. The van der Waals surface area contributed by atoms with Crippen LogP contribution in [0.3, 0.4) is 0 Å². The predicted molar refractivity (Wildman–Crippen MR) is 60.4 cm³/mol. The van der Waals surface area contributed by atoms with Crippen LogP contribution in [0.2, 0.25) is 0 Å². The van der Waals surface area contributed by atoms with Gasteiger partial charge in [0.2, 0.25) is 0 Å². The van der Waals surface area contributed by atoms with Gasteiger partial charge in [0.15, 0.2) is 0 Å². The Morgan fingerprint density at radius 2 is 1.88 bits per heavy atom. The second-order valence-electron chi connectivity index (χ2n) is 3.63. The van der Waals surface area contributed by atoms with Crippen LogP contribution < -0.4 is 5.73 Å². The van der Waals surface area contributed by atoms with Gasteiger partial charge in [0.05, 0.1) is 28.2 Å². The van der Waals surface area contributed by atoms with Gasteiger partial charge in [-0.15, -0.1) is 0 Å². The van der Waals surface area contributed by atoms with E-state index in [4.69, 9.17) is 10.8 Å². The number of nitrogen functional groups attached to an aromatic ring is 1. The molecule has 3 N–H and O–H groups in total. The van der Waals surface area contributed by atoms with Gasteiger partial charge in [-0.25, -0.2) is 14.8 Å². The molecule has 0 saturated heterocycles. The van der Waals surface area contributed by atoms with E-state index in [9.17, 15) is 4.79 Å². The summed E-state index contributed by atoms with van der Waals surface area (Å²) >= 11 is 0. The Bertz CT molecular complexity index is 593. The third kappa shape index (κ3) is 1.56. The molecule has 0 unspecified atom stereocenters. The third-order valence-electron chi connectivity index (χ3n) is 2.46. The Kier molecular flexibility index (Phi) is 2.23. The van der Waals surface area contributed by atoms with Gasteiger partial charge in [0.1, 0.15) is 5.52 Å². The largest absolute Gasteiger partial charge is 0.478 e. The van der Waals surface area contributed by atoms with Crippen LogP contribution in [0, 0.1) is 13.8 Å². The molecule has 0 aliphatic carbocycles. The SMILES string of the molecule is Cc1nc2cc(C(=O)O)cc(N)c2nc1C. The molecule has 0 saturated carbocycles. The number of rotatable bonds is 1. The van der Waals surface area contributed by atoms with Gasteiger partial charge >= 0.3 is 5.97 Å². The number of fused-ring (bicyclic) bond motifs is 1. The zero-order chi connectivity index (χ0) is 11.9. The Morgan fingerprint density at radius 1 is 1.25 bits per heavy atom. The van der Waals surface area contributed by atoms with Crippen molar-refractivity contribution in [2.45, 2.75) is 13.8 Å². The van der Waals surface area contributed by atoms with Gasteiger partial charge in [0.25, 0.3) is 0 Å². The molecule has 1 heterocycles. The minimum atomic E-state index is -1.02. The quantitative estimate of drug-likeness (QED) is 0.707. The van der Waals surface area contributed by atoms with Crippen LogP contribution in [0.4, 0.5) is 5.69 Å². The van der Waals surface area contributed by atoms with Crippen molar-refractivity contribution in [2.75, 3.05) is 5.73 Å². The fourth-order valence-corrected chi connectivity index (χ4v) is 1.48. The van der Waals surface area contributed by atoms with Crippen molar-refractivity contribution in [2.24, 2.45) is 0 Å². The van der Waals surface area contributed by atoms with E-state index < -0.39 is 5.97 Å². The topological polar surface area (TPSA) is 89.1 Å². The number of aromatic carboxylic acids is 1.